The van der Waals surface area contributed by atoms with Crippen LogP contribution in [-0.2, 0) is 14.3 Å². The minimum absolute atomic E-state index is 0.163. The third-order valence-corrected chi connectivity index (χ3v) is 4.02. The fourth-order valence-corrected chi connectivity index (χ4v) is 2.81. The van der Waals surface area contributed by atoms with E-state index in [-0.39, 0.29) is 30.4 Å². The van der Waals surface area contributed by atoms with Gasteiger partial charge in [-0.2, -0.15) is 0 Å². The van der Waals surface area contributed by atoms with Crippen LogP contribution in [0.5, 0.6) is 5.75 Å². The number of ketones is 2. The molecule has 0 radical (unpaired) electrons. The lowest BCUT2D eigenvalue weighted by Gasteiger charge is -2.12. The highest BCUT2D eigenvalue weighted by Gasteiger charge is 2.19. The molecule has 0 aromatic heterocycles. The first-order valence-corrected chi connectivity index (χ1v) is 8.35. The van der Waals surface area contributed by atoms with Crippen molar-refractivity contribution in [1.82, 2.24) is 0 Å². The Morgan fingerprint density at radius 2 is 2.04 bits per heavy atom. The average molecular weight is 397 g/mol. The zero-order valence-electron chi connectivity index (χ0n) is 13.8. The Hall–Kier alpha value is -1.95. The van der Waals surface area contributed by atoms with E-state index in [9.17, 15) is 14.4 Å². The number of methoxy groups -OCH3 is 1. The number of carbonyl (C=O) groups excluding carboxylic acids is 3. The van der Waals surface area contributed by atoms with Gasteiger partial charge < -0.3 is 9.47 Å². The summed E-state index contributed by atoms with van der Waals surface area (Å²) >= 11 is 3.31. The van der Waals surface area contributed by atoms with Crippen LogP contribution < -0.4 is 4.74 Å². The Balaban J connectivity index is 2.55. The Kier molecular flexibility index (Phi) is 8.40. The van der Waals surface area contributed by atoms with Gasteiger partial charge >= 0.3 is 5.97 Å². The fraction of sp³-hybridized carbons (Fsp3) is 0.389. The maximum atomic E-state index is 12.3. The van der Waals surface area contributed by atoms with E-state index in [1.807, 2.05) is 0 Å². The number of carbonyl (C=O) groups is 3. The summed E-state index contributed by atoms with van der Waals surface area (Å²) in [4.78, 5) is 35.3. The van der Waals surface area contributed by atoms with Crippen LogP contribution >= 0.6 is 15.9 Å². The third kappa shape index (κ3) is 6.28. The number of halogens is 1. The van der Waals surface area contributed by atoms with Gasteiger partial charge in [0.05, 0.1) is 19.1 Å². The van der Waals surface area contributed by atoms with Gasteiger partial charge in [-0.25, -0.2) is 0 Å². The number of hydrogen-bond donors (Lipinski definition) is 0. The monoisotopic (exact) mass is 396 g/mol. The van der Waals surface area contributed by atoms with Crippen LogP contribution in [0.25, 0.3) is 0 Å². The second kappa shape index (κ2) is 10.0. The highest BCUT2D eigenvalue weighted by atomic mass is 79.9. The molecule has 5 nitrogen and oxygen atoms in total. The van der Waals surface area contributed by atoms with Crippen LogP contribution in [0.4, 0.5) is 0 Å². The first-order valence-electron chi connectivity index (χ1n) is 7.56. The molecule has 0 aliphatic carbocycles. The normalized spacial score (nSPS) is 11.5. The van der Waals surface area contributed by atoms with Crippen LogP contribution in [0.15, 0.2) is 35.3 Å². The van der Waals surface area contributed by atoms with Crippen molar-refractivity contribution in [2.45, 2.75) is 38.7 Å². The second-order valence-electron chi connectivity index (χ2n) is 5.23. The van der Waals surface area contributed by atoms with E-state index < -0.39 is 6.10 Å². The van der Waals surface area contributed by atoms with Crippen LogP contribution in [0, 0.1) is 0 Å². The summed E-state index contributed by atoms with van der Waals surface area (Å²) in [6.07, 6.45) is 2.19. The molecule has 0 spiro atoms. The van der Waals surface area contributed by atoms with Gasteiger partial charge in [0, 0.05) is 17.8 Å². The molecule has 0 bridgehead atoms. The molecule has 24 heavy (non-hydrogen) atoms. The summed E-state index contributed by atoms with van der Waals surface area (Å²) in [7, 11) is 1.48. The third-order valence-electron chi connectivity index (χ3n) is 3.36. The van der Waals surface area contributed by atoms with Crippen molar-refractivity contribution in [2.24, 2.45) is 0 Å². The average Bonchev–Trinajstić information content (AvgIpc) is 2.52. The van der Waals surface area contributed by atoms with Crippen molar-refractivity contribution in [1.29, 1.82) is 0 Å². The largest absolute Gasteiger partial charge is 0.496 e. The summed E-state index contributed by atoms with van der Waals surface area (Å²) in [5.41, 5.74) is 0.372. The standard InChI is InChI=1S/C18H21BrO5/c1-4-14(24-12(2)20)8-5-7-13(21)11-16(22)18-15(19)9-6-10-17(18)23-3/h4,6,9-10,14H,1,5,7-8,11H2,2-3H3. The van der Waals surface area contributed by atoms with Gasteiger partial charge in [-0.3, -0.25) is 14.4 Å². The van der Waals surface area contributed by atoms with E-state index in [4.69, 9.17) is 9.47 Å². The molecule has 0 aliphatic heterocycles. The zero-order valence-corrected chi connectivity index (χ0v) is 15.4. The Morgan fingerprint density at radius 1 is 1.33 bits per heavy atom. The molecule has 6 heteroatoms. The molecule has 1 unspecified atom stereocenters. The molecule has 0 N–H and O–H groups in total. The molecular weight excluding hydrogens is 376 g/mol. The number of esters is 1. The lowest BCUT2D eigenvalue weighted by atomic mass is 10.0. The van der Waals surface area contributed by atoms with Gasteiger partial charge in [0.15, 0.2) is 5.78 Å². The maximum Gasteiger partial charge on any atom is 0.303 e. The first-order chi connectivity index (χ1) is 11.4. The summed E-state index contributed by atoms with van der Waals surface area (Å²) in [5, 5.41) is 0. The van der Waals surface area contributed by atoms with Gasteiger partial charge in [-0.1, -0.05) is 18.7 Å². The van der Waals surface area contributed by atoms with E-state index in [0.29, 0.717) is 28.6 Å². The molecule has 1 atom stereocenters. The molecular formula is C18H21BrO5. The van der Waals surface area contributed by atoms with Crippen LogP contribution in [0.2, 0.25) is 0 Å². The van der Waals surface area contributed by atoms with Crippen molar-refractivity contribution in [3.8, 4) is 5.75 Å². The Morgan fingerprint density at radius 3 is 2.62 bits per heavy atom. The summed E-state index contributed by atoms with van der Waals surface area (Å²) in [5.74, 6) is -0.404. The molecule has 1 aromatic rings. The predicted molar refractivity (Wildman–Crippen MR) is 94.3 cm³/mol. The number of Topliss-reactive ketones (excluding diaryl/α,β-unsaturated/α-hetero) is 2. The lowest BCUT2D eigenvalue weighted by molar-refractivity contribution is -0.144. The van der Waals surface area contributed by atoms with Crippen molar-refractivity contribution >= 4 is 33.5 Å². The molecule has 1 aromatic carbocycles. The van der Waals surface area contributed by atoms with E-state index in [1.165, 1.54) is 20.1 Å². The number of ether oxygens (including phenoxy) is 2. The van der Waals surface area contributed by atoms with Gasteiger partial charge in [0.1, 0.15) is 17.6 Å². The van der Waals surface area contributed by atoms with E-state index in [0.717, 1.165) is 0 Å². The minimum atomic E-state index is -0.408. The summed E-state index contributed by atoms with van der Waals surface area (Å²) in [6, 6.07) is 5.16. The fourth-order valence-electron chi connectivity index (χ4n) is 2.24. The van der Waals surface area contributed by atoms with Crippen LogP contribution in [0.3, 0.4) is 0 Å². The van der Waals surface area contributed by atoms with E-state index in [1.54, 1.807) is 18.2 Å². The number of hydrogen-bond acceptors (Lipinski definition) is 5. The van der Waals surface area contributed by atoms with Crippen LogP contribution in [0.1, 0.15) is 43.0 Å². The smallest absolute Gasteiger partial charge is 0.303 e. The molecule has 0 amide bonds. The predicted octanol–water partition coefficient (Wildman–Crippen LogP) is 3.89. The van der Waals surface area contributed by atoms with Crippen molar-refractivity contribution in [2.75, 3.05) is 7.11 Å². The van der Waals surface area contributed by atoms with Crippen molar-refractivity contribution in [3.05, 3.63) is 40.9 Å². The van der Waals surface area contributed by atoms with Gasteiger partial charge in [-0.15, -0.1) is 0 Å². The highest BCUT2D eigenvalue weighted by molar-refractivity contribution is 9.10. The van der Waals surface area contributed by atoms with Crippen molar-refractivity contribution in [3.63, 3.8) is 0 Å². The van der Waals surface area contributed by atoms with Gasteiger partial charge in [0.25, 0.3) is 0 Å². The first kappa shape index (κ1) is 20.1. The van der Waals surface area contributed by atoms with E-state index >= 15 is 0 Å². The van der Waals surface area contributed by atoms with Crippen molar-refractivity contribution < 1.29 is 23.9 Å². The molecule has 1 rings (SSSR count). The van der Waals surface area contributed by atoms with Gasteiger partial charge in [-0.05, 0) is 40.9 Å². The lowest BCUT2D eigenvalue weighted by Crippen LogP contribution is -2.15. The SMILES string of the molecule is C=CC(CCCC(=O)CC(=O)c1c(Br)cccc1OC)OC(C)=O. The maximum absolute atomic E-state index is 12.3. The highest BCUT2D eigenvalue weighted by Crippen LogP contribution is 2.28. The molecule has 0 fully saturated rings. The second-order valence-corrected chi connectivity index (χ2v) is 6.09. The minimum Gasteiger partial charge on any atom is -0.496 e. The Bertz CT molecular complexity index is 624. The molecule has 130 valence electrons. The number of rotatable bonds is 10. The molecule has 0 heterocycles. The zero-order chi connectivity index (χ0) is 18.1. The molecule has 0 aliphatic rings. The summed E-state index contributed by atoms with van der Waals surface area (Å²) in [6.45, 7) is 4.92. The molecule has 0 saturated carbocycles. The van der Waals surface area contributed by atoms with Crippen LogP contribution in [-0.4, -0.2) is 30.7 Å². The Labute approximate surface area is 150 Å². The summed E-state index contributed by atoms with van der Waals surface area (Å²) < 4.78 is 10.8. The van der Waals surface area contributed by atoms with Gasteiger partial charge in [0.2, 0.25) is 0 Å². The van der Waals surface area contributed by atoms with E-state index in [2.05, 4.69) is 22.5 Å². The quantitative estimate of drug-likeness (QED) is 0.259. The topological polar surface area (TPSA) is 69.7 Å². The number of benzene rings is 1. The molecule has 0 saturated heterocycles.